The molecular weight excluding hydrogens is 223 g/mol. The number of anilines is 1. The van der Waals surface area contributed by atoms with Crippen molar-refractivity contribution in [3.63, 3.8) is 0 Å². The number of hydrogen-bond donors (Lipinski definition) is 2. The summed E-state index contributed by atoms with van der Waals surface area (Å²) in [5.74, 6) is -0.355. The molecule has 0 aliphatic rings. The van der Waals surface area contributed by atoms with Crippen LogP contribution in [0.5, 0.6) is 0 Å². The Labute approximate surface area is 100 Å². The number of benzene rings is 1. The maximum Gasteiger partial charge on any atom is 0.322 e. The minimum absolute atomic E-state index is 0.139. The number of halogens is 1. The van der Waals surface area contributed by atoms with Gasteiger partial charge in [-0.2, -0.15) is 0 Å². The molecule has 4 nitrogen and oxygen atoms in total. The lowest BCUT2D eigenvalue weighted by Gasteiger charge is -2.33. The summed E-state index contributed by atoms with van der Waals surface area (Å²) < 4.78 is 12.7. The summed E-state index contributed by atoms with van der Waals surface area (Å²) >= 11 is 0. The summed E-state index contributed by atoms with van der Waals surface area (Å²) in [7, 11) is 1.59. The number of hydrogen-bond acceptors (Lipinski definition) is 2. The Bertz CT molecular complexity index is 390. The van der Waals surface area contributed by atoms with Gasteiger partial charge < -0.3 is 15.3 Å². The van der Waals surface area contributed by atoms with Crippen molar-refractivity contribution < 1.29 is 14.3 Å². The number of nitrogens with one attached hydrogen (secondary N) is 1. The van der Waals surface area contributed by atoms with Crippen molar-refractivity contribution in [2.75, 3.05) is 19.0 Å². The molecule has 0 saturated carbocycles. The van der Waals surface area contributed by atoms with Gasteiger partial charge in [0.1, 0.15) is 5.82 Å². The van der Waals surface area contributed by atoms with Crippen molar-refractivity contribution >= 4 is 11.7 Å². The molecule has 0 aliphatic heterocycles. The highest BCUT2D eigenvalue weighted by Gasteiger charge is 2.26. The minimum Gasteiger partial charge on any atom is -0.394 e. The van der Waals surface area contributed by atoms with Crippen molar-refractivity contribution in [1.82, 2.24) is 4.90 Å². The summed E-state index contributed by atoms with van der Waals surface area (Å²) in [6, 6.07) is 5.15. The normalized spacial score (nSPS) is 11.1. The van der Waals surface area contributed by atoms with E-state index in [0.29, 0.717) is 5.69 Å². The van der Waals surface area contributed by atoms with E-state index in [4.69, 9.17) is 5.11 Å². The van der Waals surface area contributed by atoms with Crippen molar-refractivity contribution in [3.05, 3.63) is 30.1 Å². The fourth-order valence-electron chi connectivity index (χ4n) is 1.12. The molecule has 0 radical (unpaired) electrons. The predicted molar refractivity (Wildman–Crippen MR) is 64.3 cm³/mol. The van der Waals surface area contributed by atoms with Gasteiger partial charge in [0.15, 0.2) is 0 Å². The zero-order valence-corrected chi connectivity index (χ0v) is 10.2. The first-order valence-corrected chi connectivity index (χ1v) is 5.28. The van der Waals surface area contributed by atoms with Crippen LogP contribution in [0.25, 0.3) is 0 Å². The number of carbonyl (C=O) groups excluding carboxylic acids is 1. The van der Waals surface area contributed by atoms with Crippen LogP contribution >= 0.6 is 0 Å². The molecule has 1 rings (SSSR count). The molecule has 0 saturated heterocycles. The quantitative estimate of drug-likeness (QED) is 0.849. The lowest BCUT2D eigenvalue weighted by atomic mass is 10.1. The molecule has 0 bridgehead atoms. The van der Waals surface area contributed by atoms with Gasteiger partial charge in [0, 0.05) is 12.7 Å². The van der Waals surface area contributed by atoms with Crippen LogP contribution in [0.2, 0.25) is 0 Å². The summed E-state index contributed by atoms with van der Waals surface area (Å²) in [6.45, 7) is 3.36. The zero-order chi connectivity index (χ0) is 13.1. The average molecular weight is 240 g/mol. The van der Waals surface area contributed by atoms with E-state index in [1.165, 1.54) is 29.2 Å². The molecule has 17 heavy (non-hydrogen) atoms. The first-order valence-electron chi connectivity index (χ1n) is 5.28. The van der Waals surface area contributed by atoms with Crippen LogP contribution in [0.4, 0.5) is 14.9 Å². The number of amides is 2. The maximum atomic E-state index is 12.7. The third-order valence-corrected chi connectivity index (χ3v) is 2.70. The molecule has 0 unspecified atom stereocenters. The first kappa shape index (κ1) is 13.4. The number of aliphatic hydroxyl groups excluding tert-OH is 1. The van der Waals surface area contributed by atoms with Crippen LogP contribution in [0, 0.1) is 5.82 Å². The fourth-order valence-corrected chi connectivity index (χ4v) is 1.12. The second-order valence-electron chi connectivity index (χ2n) is 4.47. The van der Waals surface area contributed by atoms with Gasteiger partial charge in [-0.25, -0.2) is 9.18 Å². The Morgan fingerprint density at radius 1 is 1.41 bits per heavy atom. The van der Waals surface area contributed by atoms with E-state index >= 15 is 0 Å². The van der Waals surface area contributed by atoms with Gasteiger partial charge in [0.05, 0.1) is 12.1 Å². The van der Waals surface area contributed by atoms with Crippen molar-refractivity contribution in [1.29, 1.82) is 0 Å². The number of carbonyl (C=O) groups is 1. The first-order chi connectivity index (χ1) is 7.86. The van der Waals surface area contributed by atoms with Gasteiger partial charge >= 0.3 is 6.03 Å². The van der Waals surface area contributed by atoms with E-state index in [1.807, 2.05) is 0 Å². The Kier molecular flexibility index (Phi) is 4.07. The summed E-state index contributed by atoms with van der Waals surface area (Å²) in [5, 5.41) is 11.8. The molecule has 5 heteroatoms. The highest BCUT2D eigenvalue weighted by atomic mass is 19.1. The van der Waals surface area contributed by atoms with Gasteiger partial charge in [0.2, 0.25) is 0 Å². The number of likely N-dealkylation sites (N-methyl/N-ethyl adjacent to an activating group) is 1. The highest BCUT2D eigenvalue weighted by Crippen LogP contribution is 2.14. The minimum atomic E-state index is -0.649. The van der Waals surface area contributed by atoms with E-state index in [0.717, 1.165) is 0 Å². The van der Waals surface area contributed by atoms with Crippen molar-refractivity contribution in [2.24, 2.45) is 0 Å². The number of urea groups is 1. The van der Waals surface area contributed by atoms with E-state index in [1.54, 1.807) is 20.9 Å². The smallest absolute Gasteiger partial charge is 0.322 e. The topological polar surface area (TPSA) is 52.6 Å². The van der Waals surface area contributed by atoms with E-state index < -0.39 is 5.54 Å². The fraction of sp³-hybridized carbons (Fsp3) is 0.417. The van der Waals surface area contributed by atoms with E-state index in [-0.39, 0.29) is 18.5 Å². The molecule has 94 valence electrons. The zero-order valence-electron chi connectivity index (χ0n) is 10.2. The van der Waals surface area contributed by atoms with Gasteiger partial charge in [-0.1, -0.05) is 0 Å². The molecule has 0 aromatic heterocycles. The van der Waals surface area contributed by atoms with Crippen LogP contribution in [0.1, 0.15) is 13.8 Å². The maximum absolute atomic E-state index is 12.7. The van der Waals surface area contributed by atoms with Gasteiger partial charge in [0.25, 0.3) is 0 Å². The third-order valence-electron chi connectivity index (χ3n) is 2.70. The molecule has 0 spiro atoms. The molecule has 0 aliphatic carbocycles. The number of rotatable bonds is 3. The molecule has 0 atom stereocenters. The largest absolute Gasteiger partial charge is 0.394 e. The monoisotopic (exact) mass is 240 g/mol. The Morgan fingerprint density at radius 2 is 1.94 bits per heavy atom. The SMILES string of the molecule is CN(C(=O)Nc1ccc(F)cc1)C(C)(C)CO. The third kappa shape index (κ3) is 3.42. The summed E-state index contributed by atoms with van der Waals surface area (Å²) in [5.41, 5.74) is -0.138. The van der Waals surface area contributed by atoms with Gasteiger partial charge in [-0.3, -0.25) is 0 Å². The predicted octanol–water partition coefficient (Wildman–Crippen LogP) is 2.06. The van der Waals surface area contributed by atoms with Crippen LogP contribution in [0.3, 0.4) is 0 Å². The van der Waals surface area contributed by atoms with Crippen LogP contribution < -0.4 is 5.32 Å². The Morgan fingerprint density at radius 3 is 2.41 bits per heavy atom. The molecular formula is C12H17FN2O2. The Hall–Kier alpha value is -1.62. The van der Waals surface area contributed by atoms with Gasteiger partial charge in [-0.05, 0) is 38.1 Å². The molecule has 0 fully saturated rings. The van der Waals surface area contributed by atoms with Crippen molar-refractivity contribution in [3.8, 4) is 0 Å². The molecule has 2 amide bonds. The second-order valence-corrected chi connectivity index (χ2v) is 4.47. The van der Waals surface area contributed by atoms with Crippen LogP contribution in [-0.4, -0.2) is 35.2 Å². The van der Waals surface area contributed by atoms with Crippen LogP contribution in [-0.2, 0) is 0 Å². The van der Waals surface area contributed by atoms with E-state index in [9.17, 15) is 9.18 Å². The average Bonchev–Trinajstić information content (AvgIpc) is 2.31. The number of nitrogens with zero attached hydrogens (tertiary/aromatic N) is 1. The lowest BCUT2D eigenvalue weighted by Crippen LogP contribution is -2.49. The molecule has 0 heterocycles. The highest BCUT2D eigenvalue weighted by molar-refractivity contribution is 5.89. The van der Waals surface area contributed by atoms with E-state index in [2.05, 4.69) is 5.32 Å². The summed E-state index contributed by atoms with van der Waals surface area (Å²) in [6.07, 6.45) is 0. The lowest BCUT2D eigenvalue weighted by molar-refractivity contribution is 0.104. The summed E-state index contributed by atoms with van der Waals surface area (Å²) in [4.78, 5) is 13.2. The molecule has 1 aromatic rings. The standard InChI is InChI=1S/C12H17FN2O2/c1-12(2,8-16)15(3)11(17)14-10-6-4-9(13)5-7-10/h4-7,16H,8H2,1-3H3,(H,14,17). The number of aliphatic hydroxyl groups is 1. The van der Waals surface area contributed by atoms with Crippen molar-refractivity contribution in [2.45, 2.75) is 19.4 Å². The van der Waals surface area contributed by atoms with Gasteiger partial charge in [-0.15, -0.1) is 0 Å². The second kappa shape index (κ2) is 5.14. The molecule has 1 aromatic carbocycles. The Balaban J connectivity index is 2.69. The molecule has 2 N–H and O–H groups in total. The van der Waals surface area contributed by atoms with Crippen LogP contribution in [0.15, 0.2) is 24.3 Å².